The summed E-state index contributed by atoms with van der Waals surface area (Å²) in [4.78, 5) is 45.1. The van der Waals surface area contributed by atoms with E-state index in [1.165, 1.54) is 28.1 Å². The van der Waals surface area contributed by atoms with Crippen LogP contribution in [0.1, 0.15) is 33.1 Å². The van der Waals surface area contributed by atoms with E-state index in [2.05, 4.69) is 20.1 Å². The Balaban J connectivity index is 4.43. The van der Waals surface area contributed by atoms with Crippen LogP contribution in [-0.2, 0) is 28.7 Å². The van der Waals surface area contributed by atoms with Crippen molar-refractivity contribution in [3.63, 3.8) is 0 Å². The van der Waals surface area contributed by atoms with Gasteiger partial charge in [-0.2, -0.15) is 0 Å². The highest BCUT2D eigenvalue weighted by Crippen LogP contribution is 2.03. The number of ether oxygens (including phenoxy) is 2. The van der Waals surface area contributed by atoms with Crippen LogP contribution in [0.25, 0.3) is 0 Å². The summed E-state index contributed by atoms with van der Waals surface area (Å²) in [6.45, 7) is 2.63. The zero-order valence-corrected chi connectivity index (χ0v) is 13.9. The van der Waals surface area contributed by atoms with Crippen LogP contribution in [0.4, 0.5) is 0 Å². The van der Waals surface area contributed by atoms with Gasteiger partial charge in [-0.3, -0.25) is 9.59 Å². The lowest BCUT2D eigenvalue weighted by molar-refractivity contribution is -0.145. The maximum absolute atomic E-state index is 11.5. The van der Waals surface area contributed by atoms with Gasteiger partial charge in [0.05, 0.1) is 14.2 Å². The highest BCUT2D eigenvalue weighted by molar-refractivity contribution is 5.83. The average molecular weight is 328 g/mol. The molecular formula is C15H24N2O6. The molecule has 0 unspecified atom stereocenters. The largest absolute Gasteiger partial charge is 0.467 e. The lowest BCUT2D eigenvalue weighted by atomic mass is 10.1. The van der Waals surface area contributed by atoms with Crippen molar-refractivity contribution in [1.82, 2.24) is 10.6 Å². The van der Waals surface area contributed by atoms with Crippen molar-refractivity contribution in [2.75, 3.05) is 14.2 Å². The van der Waals surface area contributed by atoms with E-state index in [4.69, 9.17) is 0 Å². The number of nitrogens with one attached hydrogen (secondary N) is 2. The summed E-state index contributed by atoms with van der Waals surface area (Å²) in [5.41, 5.74) is 0. The van der Waals surface area contributed by atoms with Crippen molar-refractivity contribution < 1.29 is 28.7 Å². The highest BCUT2D eigenvalue weighted by Gasteiger charge is 2.20. The van der Waals surface area contributed by atoms with Crippen LogP contribution < -0.4 is 10.6 Å². The SMILES string of the molecule is COC(=O)[C@H](C/C=C/CC[C@H](NC(C)=O)C(=O)OC)NC(C)=O. The quantitative estimate of drug-likeness (QED) is 0.458. The number of carbonyl (C=O) groups is 4. The highest BCUT2D eigenvalue weighted by atomic mass is 16.5. The number of hydrogen-bond acceptors (Lipinski definition) is 6. The van der Waals surface area contributed by atoms with Crippen LogP contribution in [0, 0.1) is 0 Å². The van der Waals surface area contributed by atoms with Gasteiger partial charge in [0.25, 0.3) is 0 Å². The number of hydrogen-bond donors (Lipinski definition) is 2. The molecule has 0 aliphatic rings. The van der Waals surface area contributed by atoms with Crippen molar-refractivity contribution in [2.24, 2.45) is 0 Å². The molecule has 130 valence electrons. The Kier molecular flexibility index (Phi) is 10.1. The Bertz CT molecular complexity index is 461. The minimum absolute atomic E-state index is 0.273. The third kappa shape index (κ3) is 9.28. The van der Waals surface area contributed by atoms with Crippen LogP contribution >= 0.6 is 0 Å². The van der Waals surface area contributed by atoms with Gasteiger partial charge in [0.2, 0.25) is 11.8 Å². The maximum atomic E-state index is 11.5. The Morgan fingerprint density at radius 2 is 1.35 bits per heavy atom. The molecular weight excluding hydrogens is 304 g/mol. The second-order valence-corrected chi connectivity index (χ2v) is 4.84. The van der Waals surface area contributed by atoms with Crippen LogP contribution in [0.5, 0.6) is 0 Å². The topological polar surface area (TPSA) is 111 Å². The number of carbonyl (C=O) groups excluding carboxylic acids is 4. The number of allylic oxidation sites excluding steroid dienone is 1. The van der Waals surface area contributed by atoms with E-state index in [0.717, 1.165) is 0 Å². The fourth-order valence-electron chi connectivity index (χ4n) is 1.85. The fraction of sp³-hybridized carbons (Fsp3) is 0.600. The first-order valence-electron chi connectivity index (χ1n) is 7.16. The predicted molar refractivity (Wildman–Crippen MR) is 82.2 cm³/mol. The van der Waals surface area contributed by atoms with Crippen molar-refractivity contribution in [3.05, 3.63) is 12.2 Å². The predicted octanol–water partition coefficient (Wildman–Crippen LogP) is 0.0683. The molecule has 0 aromatic rings. The first-order chi connectivity index (χ1) is 10.8. The molecule has 0 heterocycles. The van der Waals surface area contributed by atoms with Gasteiger partial charge < -0.3 is 20.1 Å². The van der Waals surface area contributed by atoms with Gasteiger partial charge in [0.1, 0.15) is 12.1 Å². The van der Waals surface area contributed by atoms with Crippen LogP contribution in [-0.4, -0.2) is 50.1 Å². The molecule has 23 heavy (non-hydrogen) atoms. The summed E-state index contributed by atoms with van der Waals surface area (Å²) in [7, 11) is 2.50. The molecule has 2 N–H and O–H groups in total. The minimum Gasteiger partial charge on any atom is -0.467 e. The van der Waals surface area contributed by atoms with Gasteiger partial charge in [0.15, 0.2) is 0 Å². The number of rotatable bonds is 9. The average Bonchev–Trinajstić information content (AvgIpc) is 2.49. The van der Waals surface area contributed by atoms with Crippen molar-refractivity contribution in [1.29, 1.82) is 0 Å². The Morgan fingerprint density at radius 3 is 1.83 bits per heavy atom. The molecule has 0 saturated heterocycles. The maximum Gasteiger partial charge on any atom is 0.328 e. The summed E-state index contributed by atoms with van der Waals surface area (Å²) in [5, 5.41) is 4.99. The first-order valence-corrected chi connectivity index (χ1v) is 7.16. The standard InChI is InChI=1S/C15H24N2O6/c1-10(18)16-12(14(20)22-3)8-6-5-7-9-13(15(21)23-4)17-11(2)19/h5-6,12-13H,7-9H2,1-4H3,(H,16,18)(H,17,19)/b6-5+/t12-,13-/m0/s1. The Morgan fingerprint density at radius 1 is 0.870 bits per heavy atom. The molecule has 0 radical (unpaired) electrons. The third-order valence-corrected chi connectivity index (χ3v) is 2.89. The smallest absolute Gasteiger partial charge is 0.328 e. The van der Waals surface area contributed by atoms with Gasteiger partial charge in [-0.05, 0) is 19.3 Å². The number of esters is 2. The molecule has 8 nitrogen and oxygen atoms in total. The lowest BCUT2D eigenvalue weighted by Gasteiger charge is -2.14. The summed E-state index contributed by atoms with van der Waals surface area (Å²) in [6, 6.07) is -1.46. The van der Waals surface area contributed by atoms with E-state index in [1.807, 2.05) is 0 Å². The fourth-order valence-corrected chi connectivity index (χ4v) is 1.85. The van der Waals surface area contributed by atoms with Crippen molar-refractivity contribution in [3.8, 4) is 0 Å². The van der Waals surface area contributed by atoms with E-state index >= 15 is 0 Å². The van der Waals surface area contributed by atoms with Crippen molar-refractivity contribution in [2.45, 2.75) is 45.2 Å². The van der Waals surface area contributed by atoms with E-state index < -0.39 is 24.0 Å². The molecule has 2 amide bonds. The molecule has 2 atom stereocenters. The zero-order chi connectivity index (χ0) is 17.8. The van der Waals surface area contributed by atoms with E-state index in [1.54, 1.807) is 12.2 Å². The number of methoxy groups -OCH3 is 2. The van der Waals surface area contributed by atoms with E-state index in [-0.39, 0.29) is 18.2 Å². The van der Waals surface area contributed by atoms with E-state index in [0.29, 0.717) is 12.8 Å². The first kappa shape index (κ1) is 20.6. The van der Waals surface area contributed by atoms with E-state index in [9.17, 15) is 19.2 Å². The summed E-state index contributed by atoms with van der Waals surface area (Å²) < 4.78 is 9.21. The van der Waals surface area contributed by atoms with Crippen LogP contribution in [0.2, 0.25) is 0 Å². The van der Waals surface area contributed by atoms with Gasteiger partial charge in [-0.1, -0.05) is 12.2 Å². The zero-order valence-electron chi connectivity index (χ0n) is 13.9. The molecule has 8 heteroatoms. The second-order valence-electron chi connectivity index (χ2n) is 4.84. The normalized spacial score (nSPS) is 13.0. The van der Waals surface area contributed by atoms with Gasteiger partial charge in [0, 0.05) is 13.8 Å². The van der Waals surface area contributed by atoms with Gasteiger partial charge in [-0.25, -0.2) is 9.59 Å². The molecule has 0 aliphatic heterocycles. The number of amides is 2. The summed E-state index contributed by atoms with van der Waals surface area (Å²) >= 11 is 0. The van der Waals surface area contributed by atoms with Crippen LogP contribution in [0.3, 0.4) is 0 Å². The third-order valence-electron chi connectivity index (χ3n) is 2.89. The molecule has 0 aromatic heterocycles. The molecule has 0 aliphatic carbocycles. The van der Waals surface area contributed by atoms with Crippen molar-refractivity contribution >= 4 is 23.8 Å². The molecule has 0 bridgehead atoms. The van der Waals surface area contributed by atoms with Gasteiger partial charge >= 0.3 is 11.9 Å². The molecule has 0 spiro atoms. The minimum atomic E-state index is -0.750. The monoisotopic (exact) mass is 328 g/mol. The lowest BCUT2D eigenvalue weighted by Crippen LogP contribution is -2.40. The Hall–Kier alpha value is -2.38. The second kappa shape index (κ2) is 11.2. The molecule has 0 rings (SSSR count). The van der Waals surface area contributed by atoms with Gasteiger partial charge in [-0.15, -0.1) is 0 Å². The summed E-state index contributed by atoms with van der Waals surface area (Å²) in [6.07, 6.45) is 4.60. The Labute approximate surface area is 135 Å². The molecule has 0 aromatic carbocycles. The van der Waals surface area contributed by atoms with Crippen LogP contribution in [0.15, 0.2) is 12.2 Å². The molecule has 0 fully saturated rings. The molecule has 0 saturated carbocycles. The summed E-state index contributed by atoms with van der Waals surface area (Å²) in [5.74, 6) is -1.69.